The van der Waals surface area contributed by atoms with Crippen LogP contribution in [0.2, 0.25) is 0 Å². The molecule has 0 spiro atoms. The first-order chi connectivity index (χ1) is 23.5. The fourth-order valence-electron chi connectivity index (χ4n) is 4.50. The third-order valence-electron chi connectivity index (χ3n) is 7.14. The molecule has 0 saturated carbocycles. The molecule has 0 amide bonds. The molecule has 51 heavy (non-hydrogen) atoms. The summed E-state index contributed by atoms with van der Waals surface area (Å²) in [5, 5.41) is 17.7. The van der Waals surface area contributed by atoms with Gasteiger partial charge in [0.1, 0.15) is 23.1 Å². The number of carboxylic acid groups (broad SMARTS) is 2. The van der Waals surface area contributed by atoms with E-state index in [0.717, 1.165) is 40.9 Å². The number of hydrogen-bond donors (Lipinski definition) is 2. The average molecular weight is 794 g/mol. The van der Waals surface area contributed by atoms with Gasteiger partial charge in [-0.1, -0.05) is 39.8 Å². The van der Waals surface area contributed by atoms with Crippen LogP contribution in [0, 0.1) is 11.6 Å². The standard InChI is InChI=1S/C18H16F4O3.C10H12BrFO.C8H5F3O2/c1-9(2)12-7-13(16(25-3)8-15(12)19)11-5-4-10(18(20,21)22)6-14(11)17(23)24;1-6(2)7-4-8(11)10(13-3)5-9(7)12;9-8(10,11)6-3-1-2-5(4-6)7(12)13/h4-9H,1-3H3,(H,23,24);4-6H,1-3H3;1-4H,(H,12,13). The maximum absolute atomic E-state index is 14.1. The molecule has 2 N–H and O–H groups in total. The lowest BCUT2D eigenvalue weighted by Gasteiger charge is -2.17. The molecule has 0 aliphatic rings. The third-order valence-corrected chi connectivity index (χ3v) is 7.76. The molecule has 0 radical (unpaired) electrons. The van der Waals surface area contributed by atoms with Crippen LogP contribution in [0.5, 0.6) is 11.5 Å². The molecule has 4 aromatic rings. The quantitative estimate of drug-likeness (QED) is 0.181. The fraction of sp³-hybridized carbons (Fsp3) is 0.278. The van der Waals surface area contributed by atoms with Crippen LogP contribution in [-0.4, -0.2) is 36.4 Å². The van der Waals surface area contributed by atoms with Crippen LogP contribution in [0.15, 0.2) is 71.2 Å². The van der Waals surface area contributed by atoms with E-state index < -0.39 is 46.8 Å². The van der Waals surface area contributed by atoms with Crippen LogP contribution in [0.4, 0.5) is 35.1 Å². The van der Waals surface area contributed by atoms with E-state index in [1.165, 1.54) is 26.4 Å². The van der Waals surface area contributed by atoms with E-state index >= 15 is 0 Å². The van der Waals surface area contributed by atoms with E-state index in [1.807, 2.05) is 13.8 Å². The van der Waals surface area contributed by atoms with Crippen molar-refractivity contribution < 1.29 is 64.4 Å². The second-order valence-corrected chi connectivity index (χ2v) is 12.2. The molecule has 0 fully saturated rings. The molecule has 0 aromatic heterocycles. The van der Waals surface area contributed by atoms with E-state index in [2.05, 4.69) is 15.9 Å². The zero-order chi connectivity index (χ0) is 39.0. The summed E-state index contributed by atoms with van der Waals surface area (Å²) in [6.07, 6.45) is -9.16. The fourth-order valence-corrected chi connectivity index (χ4v) is 5.02. The summed E-state index contributed by atoms with van der Waals surface area (Å²) < 4.78 is 113. The lowest BCUT2D eigenvalue weighted by atomic mass is 9.92. The van der Waals surface area contributed by atoms with Crippen molar-refractivity contribution in [2.24, 2.45) is 0 Å². The van der Waals surface area contributed by atoms with Gasteiger partial charge in [-0.05, 0) is 86.9 Å². The SMILES string of the molecule is COc1cc(F)c(C(C)C)cc1-c1ccc(C(F)(F)F)cc1C(=O)O.COc1cc(F)c(C(C)C)cc1Br.O=C(O)c1cccc(C(F)(F)F)c1. The number of methoxy groups -OCH3 is 2. The highest BCUT2D eigenvalue weighted by atomic mass is 79.9. The highest BCUT2D eigenvalue weighted by molar-refractivity contribution is 9.10. The van der Waals surface area contributed by atoms with Crippen molar-refractivity contribution in [3.8, 4) is 22.6 Å². The molecule has 4 rings (SSSR count). The van der Waals surface area contributed by atoms with Crippen molar-refractivity contribution in [2.45, 2.75) is 51.9 Å². The van der Waals surface area contributed by atoms with Crippen molar-refractivity contribution in [1.82, 2.24) is 0 Å². The highest BCUT2D eigenvalue weighted by Crippen LogP contribution is 2.39. The molecule has 4 aromatic carbocycles. The van der Waals surface area contributed by atoms with Crippen LogP contribution in [0.1, 0.15) is 82.5 Å². The van der Waals surface area contributed by atoms with Crippen LogP contribution in [0.25, 0.3) is 11.1 Å². The summed E-state index contributed by atoms with van der Waals surface area (Å²) >= 11 is 3.32. The molecule has 0 heterocycles. The first kappa shape index (κ1) is 42.5. The highest BCUT2D eigenvalue weighted by Gasteiger charge is 2.33. The summed E-state index contributed by atoms with van der Waals surface area (Å²) in [5.41, 5.74) is -1.66. The van der Waals surface area contributed by atoms with Crippen LogP contribution >= 0.6 is 15.9 Å². The number of ether oxygens (including phenoxy) is 2. The van der Waals surface area contributed by atoms with Gasteiger partial charge in [-0.3, -0.25) is 0 Å². The molecule has 0 aliphatic carbocycles. The lowest BCUT2D eigenvalue weighted by molar-refractivity contribution is -0.138. The number of aromatic carboxylic acids is 2. The zero-order valence-corrected chi connectivity index (χ0v) is 29.5. The number of hydrogen-bond acceptors (Lipinski definition) is 4. The van der Waals surface area contributed by atoms with Crippen molar-refractivity contribution in [3.63, 3.8) is 0 Å². The van der Waals surface area contributed by atoms with Gasteiger partial charge in [0.05, 0.1) is 40.9 Å². The van der Waals surface area contributed by atoms with Gasteiger partial charge >= 0.3 is 24.3 Å². The van der Waals surface area contributed by atoms with Crippen molar-refractivity contribution >= 4 is 27.9 Å². The van der Waals surface area contributed by atoms with Crippen LogP contribution in [-0.2, 0) is 12.4 Å². The Morgan fingerprint density at radius 1 is 0.647 bits per heavy atom. The van der Waals surface area contributed by atoms with Gasteiger partial charge in [-0.2, -0.15) is 26.3 Å². The summed E-state index contributed by atoms with van der Waals surface area (Å²) in [6, 6.07) is 11.7. The number of alkyl halides is 6. The largest absolute Gasteiger partial charge is 0.496 e. The van der Waals surface area contributed by atoms with Gasteiger partial charge in [0, 0.05) is 17.7 Å². The molecule has 0 unspecified atom stereocenters. The lowest BCUT2D eigenvalue weighted by Crippen LogP contribution is -2.09. The van der Waals surface area contributed by atoms with Crippen molar-refractivity contribution in [3.05, 3.63) is 116 Å². The Labute approximate surface area is 296 Å². The summed E-state index contributed by atoms with van der Waals surface area (Å²) in [7, 11) is 2.80. The Morgan fingerprint density at radius 3 is 1.59 bits per heavy atom. The third kappa shape index (κ3) is 11.4. The van der Waals surface area contributed by atoms with E-state index in [1.54, 1.807) is 19.9 Å². The van der Waals surface area contributed by atoms with Gasteiger partial charge in [0.15, 0.2) is 0 Å². The Balaban J connectivity index is 0.000000292. The molecule has 276 valence electrons. The normalized spacial score (nSPS) is 11.3. The summed E-state index contributed by atoms with van der Waals surface area (Å²) in [5.74, 6) is -3.07. The Kier molecular flexibility index (Phi) is 14.6. The Morgan fingerprint density at radius 2 is 1.14 bits per heavy atom. The molecule has 0 aliphatic heterocycles. The number of benzene rings is 4. The van der Waals surface area contributed by atoms with Gasteiger partial charge in [0.25, 0.3) is 0 Å². The van der Waals surface area contributed by atoms with Crippen LogP contribution < -0.4 is 9.47 Å². The molecular weight excluding hydrogens is 760 g/mol. The van der Waals surface area contributed by atoms with Crippen molar-refractivity contribution in [1.29, 1.82) is 0 Å². The predicted molar refractivity (Wildman–Crippen MR) is 178 cm³/mol. The maximum atomic E-state index is 14.1. The summed E-state index contributed by atoms with van der Waals surface area (Å²) in [4.78, 5) is 21.8. The number of rotatable bonds is 7. The van der Waals surface area contributed by atoms with E-state index in [4.69, 9.17) is 14.6 Å². The molecule has 0 bridgehead atoms. The predicted octanol–water partition coefficient (Wildman–Crippen LogP) is 11.5. The second-order valence-electron chi connectivity index (χ2n) is 11.3. The van der Waals surface area contributed by atoms with E-state index in [0.29, 0.717) is 29.0 Å². The minimum atomic E-state index is -4.67. The topological polar surface area (TPSA) is 93.1 Å². The summed E-state index contributed by atoms with van der Waals surface area (Å²) in [6.45, 7) is 7.41. The number of carbonyl (C=O) groups is 2. The van der Waals surface area contributed by atoms with E-state index in [9.17, 15) is 49.8 Å². The minimum absolute atomic E-state index is 0.0271. The molecule has 0 saturated heterocycles. The first-order valence-corrected chi connectivity index (χ1v) is 15.6. The first-order valence-electron chi connectivity index (χ1n) is 14.8. The smallest absolute Gasteiger partial charge is 0.416 e. The van der Waals surface area contributed by atoms with Crippen LogP contribution in [0.3, 0.4) is 0 Å². The Hall–Kier alpha value is -4.66. The van der Waals surface area contributed by atoms with Gasteiger partial charge < -0.3 is 19.7 Å². The van der Waals surface area contributed by atoms with Gasteiger partial charge in [-0.15, -0.1) is 0 Å². The zero-order valence-electron chi connectivity index (χ0n) is 27.9. The molecule has 6 nitrogen and oxygen atoms in total. The minimum Gasteiger partial charge on any atom is -0.496 e. The second kappa shape index (κ2) is 17.5. The number of carboxylic acids is 2. The van der Waals surface area contributed by atoms with Gasteiger partial charge in [-0.25, -0.2) is 18.4 Å². The maximum Gasteiger partial charge on any atom is 0.416 e. The van der Waals surface area contributed by atoms with Crippen molar-refractivity contribution in [2.75, 3.05) is 14.2 Å². The monoisotopic (exact) mass is 792 g/mol. The molecule has 15 heteroatoms. The van der Waals surface area contributed by atoms with E-state index in [-0.39, 0.29) is 40.1 Å². The molecule has 0 atom stereocenters. The average Bonchev–Trinajstić information content (AvgIpc) is 3.04. The number of halogens is 9. The molecular formula is C36H33BrF8O6. The van der Waals surface area contributed by atoms with Gasteiger partial charge in [0.2, 0.25) is 0 Å². The Bertz CT molecular complexity index is 1850.